The molecule has 2 atom stereocenters. The van der Waals surface area contributed by atoms with Crippen LogP contribution in [0.2, 0.25) is 0 Å². The zero-order chi connectivity index (χ0) is 23.8. The van der Waals surface area contributed by atoms with E-state index in [0.29, 0.717) is 22.7 Å². The molecule has 172 valence electrons. The normalized spacial score (nSPS) is 23.0. The standard InChI is InChI=1S/C26H22N2O5S/c1-15-12-19(32-25(15)30)13-18-14-34-24-20(27)23(29)28(24)21(18)26(31)33-22(16-8-4-2-5-9-16)17-10-6-3-7-11-17/h2-13,20,22,24H,14,27H2,1H3/b19-13+/t20-,24-/m1/s1. The average Bonchev–Trinajstić information content (AvgIpc) is 3.18. The van der Waals surface area contributed by atoms with E-state index in [4.69, 9.17) is 15.2 Å². The van der Waals surface area contributed by atoms with Crippen molar-refractivity contribution in [1.82, 2.24) is 4.90 Å². The van der Waals surface area contributed by atoms with Gasteiger partial charge >= 0.3 is 11.9 Å². The molecule has 5 rings (SSSR count). The van der Waals surface area contributed by atoms with Crippen molar-refractivity contribution < 1.29 is 23.9 Å². The molecule has 0 unspecified atom stereocenters. The number of hydrogen-bond donors (Lipinski definition) is 1. The van der Waals surface area contributed by atoms with Gasteiger partial charge in [0.05, 0.1) is 0 Å². The summed E-state index contributed by atoms with van der Waals surface area (Å²) in [7, 11) is 0. The minimum atomic E-state index is -0.674. The number of benzene rings is 2. The molecule has 0 aliphatic carbocycles. The van der Waals surface area contributed by atoms with Crippen molar-refractivity contribution in [2.75, 3.05) is 5.75 Å². The number of rotatable bonds is 5. The molecular formula is C26H22N2O5S. The van der Waals surface area contributed by atoms with E-state index in [0.717, 1.165) is 11.1 Å². The SMILES string of the molecule is CC1=C/C(=C\C2=C(C(=O)OC(c3ccccc3)c3ccccc3)N3C(=O)[C@@H](N)[C@H]3SC2)OC1=O. The first kappa shape index (κ1) is 22.2. The van der Waals surface area contributed by atoms with Gasteiger partial charge < -0.3 is 15.2 Å². The van der Waals surface area contributed by atoms with E-state index >= 15 is 0 Å². The Balaban J connectivity index is 1.54. The average molecular weight is 475 g/mol. The fourth-order valence-corrected chi connectivity index (χ4v) is 5.37. The Morgan fingerprint density at radius 2 is 1.74 bits per heavy atom. The zero-order valence-electron chi connectivity index (χ0n) is 18.3. The molecule has 3 aliphatic heterocycles. The molecule has 3 heterocycles. The van der Waals surface area contributed by atoms with Gasteiger partial charge in [-0.25, -0.2) is 9.59 Å². The van der Waals surface area contributed by atoms with Crippen LogP contribution in [0.1, 0.15) is 24.2 Å². The van der Waals surface area contributed by atoms with Gasteiger partial charge in [0.15, 0.2) is 6.10 Å². The molecule has 8 heteroatoms. The Kier molecular flexibility index (Phi) is 5.85. The maximum Gasteiger partial charge on any atom is 0.356 e. The highest BCUT2D eigenvalue weighted by Crippen LogP contribution is 2.41. The number of fused-ring (bicyclic) bond motifs is 1. The molecule has 1 saturated heterocycles. The number of allylic oxidation sites excluding steroid dienone is 2. The highest BCUT2D eigenvalue weighted by Gasteiger charge is 2.52. The van der Waals surface area contributed by atoms with Crippen molar-refractivity contribution in [3.63, 3.8) is 0 Å². The van der Waals surface area contributed by atoms with Crippen LogP contribution in [0.3, 0.4) is 0 Å². The van der Waals surface area contributed by atoms with Crippen LogP contribution in [0.5, 0.6) is 0 Å². The van der Waals surface area contributed by atoms with Gasteiger partial charge in [-0.15, -0.1) is 11.8 Å². The van der Waals surface area contributed by atoms with Gasteiger partial charge in [-0.1, -0.05) is 60.7 Å². The molecule has 2 aromatic rings. The predicted octanol–water partition coefficient (Wildman–Crippen LogP) is 3.20. The van der Waals surface area contributed by atoms with Gasteiger partial charge in [-0.05, 0) is 35.8 Å². The smallest absolute Gasteiger partial charge is 0.356 e. The second-order valence-corrected chi connectivity index (χ2v) is 9.28. The fraction of sp³-hybridized carbons (Fsp3) is 0.192. The summed E-state index contributed by atoms with van der Waals surface area (Å²) in [5.74, 6) is -0.678. The molecule has 0 saturated carbocycles. The number of carbonyl (C=O) groups is 3. The lowest BCUT2D eigenvalue weighted by atomic mass is 10.0. The first-order chi connectivity index (χ1) is 16.4. The van der Waals surface area contributed by atoms with Gasteiger partial charge in [0.2, 0.25) is 5.91 Å². The second-order valence-electron chi connectivity index (χ2n) is 8.18. The molecule has 0 aromatic heterocycles. The Bertz CT molecular complexity index is 1210. The van der Waals surface area contributed by atoms with Gasteiger partial charge in [0, 0.05) is 11.3 Å². The summed E-state index contributed by atoms with van der Waals surface area (Å²) in [5.41, 5.74) is 8.74. The summed E-state index contributed by atoms with van der Waals surface area (Å²) in [6.45, 7) is 1.65. The van der Waals surface area contributed by atoms with Crippen LogP contribution < -0.4 is 5.73 Å². The number of thioether (sulfide) groups is 1. The first-order valence-corrected chi connectivity index (χ1v) is 11.9. The van der Waals surface area contributed by atoms with Crippen LogP contribution >= 0.6 is 11.8 Å². The van der Waals surface area contributed by atoms with E-state index in [1.54, 1.807) is 19.1 Å². The number of nitrogens with two attached hydrogens (primary N) is 1. The Morgan fingerprint density at radius 3 is 2.29 bits per heavy atom. The number of β-lactam (4-membered cyclic amide) rings is 1. The number of hydrogen-bond acceptors (Lipinski definition) is 7. The largest absolute Gasteiger partial charge is 0.448 e. The van der Waals surface area contributed by atoms with E-state index in [-0.39, 0.29) is 17.0 Å². The van der Waals surface area contributed by atoms with Gasteiger partial charge in [0.25, 0.3) is 0 Å². The molecule has 34 heavy (non-hydrogen) atoms. The topological polar surface area (TPSA) is 98.9 Å². The van der Waals surface area contributed by atoms with E-state index in [2.05, 4.69) is 0 Å². The Morgan fingerprint density at radius 1 is 1.12 bits per heavy atom. The van der Waals surface area contributed by atoms with Crippen LogP contribution in [0.4, 0.5) is 0 Å². The predicted molar refractivity (Wildman–Crippen MR) is 127 cm³/mol. The monoisotopic (exact) mass is 474 g/mol. The van der Waals surface area contributed by atoms with E-state index < -0.39 is 24.1 Å². The third kappa shape index (κ3) is 3.95. The van der Waals surface area contributed by atoms with Crippen LogP contribution in [-0.4, -0.2) is 39.9 Å². The summed E-state index contributed by atoms with van der Waals surface area (Å²) < 4.78 is 11.3. The first-order valence-electron chi connectivity index (χ1n) is 10.8. The van der Waals surface area contributed by atoms with Gasteiger partial charge in [-0.3, -0.25) is 9.69 Å². The summed E-state index contributed by atoms with van der Waals surface area (Å²) in [6.07, 6.45) is 2.56. The van der Waals surface area contributed by atoms with Crippen LogP contribution in [0.25, 0.3) is 0 Å². The van der Waals surface area contributed by atoms with Crippen LogP contribution in [0.15, 0.2) is 95.4 Å². The fourth-order valence-electron chi connectivity index (χ4n) is 4.12. The van der Waals surface area contributed by atoms with Gasteiger partial charge in [-0.2, -0.15) is 0 Å². The second kappa shape index (κ2) is 8.96. The molecule has 0 bridgehead atoms. The number of amides is 1. The maximum atomic E-state index is 13.6. The van der Waals surface area contributed by atoms with E-state index in [1.165, 1.54) is 16.7 Å². The highest BCUT2D eigenvalue weighted by atomic mass is 32.2. The maximum absolute atomic E-state index is 13.6. The summed E-state index contributed by atoms with van der Waals surface area (Å²) >= 11 is 1.46. The number of esters is 2. The third-order valence-corrected chi connectivity index (χ3v) is 7.19. The van der Waals surface area contributed by atoms with Crippen LogP contribution in [-0.2, 0) is 23.9 Å². The number of cyclic esters (lactones) is 1. The Labute approximate surface area is 200 Å². The lowest BCUT2D eigenvalue weighted by molar-refractivity contribution is -0.153. The minimum absolute atomic E-state index is 0.133. The number of carbonyl (C=O) groups excluding carboxylic acids is 3. The van der Waals surface area contributed by atoms with Crippen LogP contribution in [0, 0.1) is 0 Å². The molecule has 2 N–H and O–H groups in total. The third-order valence-electron chi connectivity index (χ3n) is 5.87. The Hall–Kier alpha value is -3.62. The van der Waals surface area contributed by atoms with Gasteiger partial charge in [0.1, 0.15) is 22.9 Å². The van der Waals surface area contributed by atoms with Crippen molar-refractivity contribution in [2.45, 2.75) is 24.4 Å². The van der Waals surface area contributed by atoms with Crippen molar-refractivity contribution in [3.8, 4) is 0 Å². The summed E-state index contributed by atoms with van der Waals surface area (Å²) in [4.78, 5) is 39.5. The molecule has 7 nitrogen and oxygen atoms in total. The van der Waals surface area contributed by atoms with E-state index in [1.807, 2.05) is 60.7 Å². The highest BCUT2D eigenvalue weighted by molar-refractivity contribution is 8.00. The summed E-state index contributed by atoms with van der Waals surface area (Å²) in [6, 6.07) is 18.2. The molecule has 3 aliphatic rings. The van der Waals surface area contributed by atoms with Crippen molar-refractivity contribution in [1.29, 1.82) is 0 Å². The molecule has 1 amide bonds. The summed E-state index contributed by atoms with van der Waals surface area (Å²) in [5, 5.41) is -0.340. The lowest BCUT2D eigenvalue weighted by Gasteiger charge is -2.48. The lowest BCUT2D eigenvalue weighted by Crippen LogP contribution is -2.68. The van der Waals surface area contributed by atoms with E-state index in [9.17, 15) is 14.4 Å². The minimum Gasteiger partial charge on any atom is -0.448 e. The molecule has 1 fully saturated rings. The molecule has 0 radical (unpaired) electrons. The number of nitrogens with zero attached hydrogens (tertiary/aromatic N) is 1. The number of ether oxygens (including phenoxy) is 2. The zero-order valence-corrected chi connectivity index (χ0v) is 19.2. The van der Waals surface area contributed by atoms with Crippen molar-refractivity contribution in [3.05, 3.63) is 107 Å². The van der Waals surface area contributed by atoms with Crippen molar-refractivity contribution in [2.24, 2.45) is 5.73 Å². The van der Waals surface area contributed by atoms with Crippen molar-refractivity contribution >= 4 is 29.6 Å². The quantitative estimate of drug-likeness (QED) is 0.525. The molecule has 0 spiro atoms. The molecular weight excluding hydrogens is 452 g/mol. The molecule has 2 aromatic carbocycles.